The minimum atomic E-state index is 0. The molecule has 6 aromatic rings. The van der Waals surface area contributed by atoms with Crippen molar-refractivity contribution in [1.29, 1.82) is 0 Å². The van der Waals surface area contributed by atoms with Crippen LogP contribution in [0.1, 0.15) is 50.7 Å². The van der Waals surface area contributed by atoms with Crippen LogP contribution in [0, 0.1) is 14.9 Å². The molecule has 6 rings (SSSR count). The fraction of sp³-hybridized carbons (Fsp3) is 0.222. The molecule has 212 valence electrons. The molecule has 0 nitrogen and oxygen atoms in total. The van der Waals surface area contributed by atoms with Gasteiger partial charge in [-0.2, -0.15) is 12.1 Å². The summed E-state index contributed by atoms with van der Waals surface area (Å²) in [5, 5.41) is 11.0. The Morgan fingerprint density at radius 2 is 0.900 bits per heavy atom. The number of hydrogen-bond acceptors (Lipinski definition) is 0. The first kappa shape index (κ1) is 38.1. The first-order valence-electron chi connectivity index (χ1n) is 13.2. The van der Waals surface area contributed by atoms with Crippen LogP contribution in [0.4, 0.5) is 0 Å². The van der Waals surface area contributed by atoms with Crippen LogP contribution in [0.2, 0.25) is 0 Å². The van der Waals surface area contributed by atoms with Crippen LogP contribution in [-0.2, 0) is 32.0 Å². The zero-order chi connectivity index (χ0) is 25.3. The molecule has 4 heteroatoms. The van der Waals surface area contributed by atoms with Crippen molar-refractivity contribution in [2.45, 2.75) is 52.4 Å². The molecule has 0 spiro atoms. The molecule has 0 aromatic heterocycles. The van der Waals surface area contributed by atoms with Gasteiger partial charge < -0.3 is 14.9 Å². The van der Waals surface area contributed by atoms with Crippen molar-refractivity contribution in [3.8, 4) is 0 Å². The fourth-order valence-corrected chi connectivity index (χ4v) is 5.10. The maximum atomic E-state index is 2.97. The third-order valence-electron chi connectivity index (χ3n) is 6.99. The Labute approximate surface area is 268 Å². The summed E-state index contributed by atoms with van der Waals surface area (Å²) in [7, 11) is 2.97. The molecule has 0 amide bonds. The molecule has 2 radical (unpaired) electrons. The van der Waals surface area contributed by atoms with Crippen LogP contribution in [-0.4, -0.2) is 7.63 Å². The van der Waals surface area contributed by atoms with E-state index in [1.165, 1.54) is 92.7 Å². The number of aryl methyl sites for hydroxylation is 2. The van der Waals surface area contributed by atoms with E-state index in [1.54, 1.807) is 19.2 Å². The van der Waals surface area contributed by atoms with Gasteiger partial charge in [0.15, 0.2) is 0 Å². The van der Waals surface area contributed by atoms with Crippen LogP contribution in [0.3, 0.4) is 0 Å². The second kappa shape index (κ2) is 19.3. The van der Waals surface area contributed by atoms with Gasteiger partial charge in [0, 0.05) is 0 Å². The average Bonchev–Trinajstić information content (AvgIpc) is 3.56. The molecule has 6 aromatic carbocycles. The molecule has 0 aliphatic heterocycles. The average molecular weight is 622 g/mol. The van der Waals surface area contributed by atoms with Crippen molar-refractivity contribution in [3.63, 3.8) is 0 Å². The molecule has 0 saturated carbocycles. The monoisotopic (exact) mass is 620 g/mol. The second-order valence-electron chi connectivity index (χ2n) is 9.51. The summed E-state index contributed by atoms with van der Waals surface area (Å²) < 4.78 is 0. The topological polar surface area (TPSA) is 0 Å². The molecule has 0 fully saturated rings. The van der Waals surface area contributed by atoms with E-state index in [2.05, 4.69) is 119 Å². The Balaban J connectivity index is 0.000000655. The van der Waals surface area contributed by atoms with Gasteiger partial charge in [-0.1, -0.05) is 122 Å². The van der Waals surface area contributed by atoms with Gasteiger partial charge in [0.25, 0.3) is 0 Å². The summed E-state index contributed by atoms with van der Waals surface area (Å²) in [4.78, 5) is 0. The SMILES string of the molecule is CCCCc1cc2ccc3ccccc3c2[cH-]1.CCCCc1cc2ccc3ccccc3c2[cH-]1.Cl.Cl.[CH3-].[CH3-].[Si]=[Ti]. The van der Waals surface area contributed by atoms with Crippen molar-refractivity contribution in [1.82, 2.24) is 0 Å². The Kier molecular flexibility index (Phi) is 18.4. The van der Waals surface area contributed by atoms with Gasteiger partial charge in [0.2, 0.25) is 0 Å². The Morgan fingerprint density at radius 1 is 0.550 bits per heavy atom. The molecule has 40 heavy (non-hydrogen) atoms. The minimum absolute atomic E-state index is 0. The Hall–Kier alpha value is -1.87. The molecule has 0 atom stereocenters. The summed E-state index contributed by atoms with van der Waals surface area (Å²) in [5.41, 5.74) is 2.97. The molecule has 0 saturated heterocycles. The number of rotatable bonds is 6. The Morgan fingerprint density at radius 3 is 1.27 bits per heavy atom. The first-order valence-corrected chi connectivity index (χ1v) is 16.0. The summed E-state index contributed by atoms with van der Waals surface area (Å²) in [6.07, 6.45) is 7.52. The van der Waals surface area contributed by atoms with Gasteiger partial charge in [-0.15, -0.1) is 81.8 Å². The first-order chi connectivity index (χ1) is 17.8. The van der Waals surface area contributed by atoms with Crippen LogP contribution in [0.5, 0.6) is 0 Å². The van der Waals surface area contributed by atoms with Crippen molar-refractivity contribution < 1.29 is 19.2 Å². The van der Waals surface area contributed by atoms with E-state index in [4.69, 9.17) is 0 Å². The van der Waals surface area contributed by atoms with Crippen LogP contribution in [0.25, 0.3) is 43.1 Å². The molecule has 0 heterocycles. The molecule has 0 aliphatic carbocycles. The van der Waals surface area contributed by atoms with Gasteiger partial charge in [-0.25, -0.2) is 0 Å². The third-order valence-corrected chi connectivity index (χ3v) is 6.99. The molecule has 0 unspecified atom stereocenters. The molecular formula is C36H42Cl2SiTi-4. The van der Waals surface area contributed by atoms with E-state index in [1.807, 2.05) is 0 Å². The van der Waals surface area contributed by atoms with E-state index in [0.717, 1.165) is 0 Å². The molecule has 0 aliphatic rings. The zero-order valence-corrected chi connectivity index (χ0v) is 28.5. The predicted molar refractivity (Wildman–Crippen MR) is 184 cm³/mol. The number of unbranched alkanes of at least 4 members (excludes halogenated alkanes) is 2. The maximum absolute atomic E-state index is 2.97. The fourth-order valence-electron chi connectivity index (χ4n) is 5.10. The summed E-state index contributed by atoms with van der Waals surface area (Å²) >= 11 is 1.81. The molecule has 0 bridgehead atoms. The Bertz CT molecular complexity index is 1450. The summed E-state index contributed by atoms with van der Waals surface area (Å²) in [6.45, 7) is 4.50. The molecular weight excluding hydrogens is 579 g/mol. The van der Waals surface area contributed by atoms with E-state index in [-0.39, 0.29) is 39.7 Å². The number of hydrogen-bond donors (Lipinski definition) is 0. The third kappa shape index (κ3) is 9.07. The van der Waals surface area contributed by atoms with Gasteiger partial charge in [0.1, 0.15) is 0 Å². The number of benzene rings is 4. The van der Waals surface area contributed by atoms with Gasteiger partial charge >= 0.3 is 26.8 Å². The van der Waals surface area contributed by atoms with Crippen molar-refractivity contribution in [2.75, 3.05) is 0 Å². The summed E-state index contributed by atoms with van der Waals surface area (Å²) in [6, 6.07) is 35.6. The normalized spacial score (nSPS) is 9.72. The quantitative estimate of drug-likeness (QED) is 0.128. The van der Waals surface area contributed by atoms with E-state index in [0.29, 0.717) is 0 Å². The standard InChI is InChI=1S/2C17H17.2CH3.2ClH.Si.Ti/c2*1-2-3-6-13-11-15-10-9-14-7-4-5-8-16(14)17(15)12-13;;;;;;/h2*4-5,7-12H,2-3,6H2,1H3;2*1H3;2*1H;;/q4*-1;;;;. The number of fused-ring (bicyclic) bond motifs is 6. The van der Waals surface area contributed by atoms with E-state index < -0.39 is 0 Å². The van der Waals surface area contributed by atoms with E-state index in [9.17, 15) is 0 Å². The van der Waals surface area contributed by atoms with Gasteiger partial charge in [-0.3, -0.25) is 0 Å². The van der Waals surface area contributed by atoms with Crippen molar-refractivity contribution in [2.24, 2.45) is 0 Å². The van der Waals surface area contributed by atoms with Gasteiger partial charge in [-0.05, 0) is 12.8 Å². The van der Waals surface area contributed by atoms with Crippen LogP contribution in [0.15, 0.2) is 97.1 Å². The van der Waals surface area contributed by atoms with E-state index >= 15 is 0 Å². The van der Waals surface area contributed by atoms with Crippen molar-refractivity contribution in [3.05, 3.63) is 123 Å². The van der Waals surface area contributed by atoms with Gasteiger partial charge in [0.05, 0.1) is 0 Å². The van der Waals surface area contributed by atoms with Crippen LogP contribution >= 0.6 is 24.8 Å². The predicted octanol–water partition coefficient (Wildman–Crippen LogP) is 11.5. The molecule has 0 N–H and O–H groups in total. The van der Waals surface area contributed by atoms with Crippen LogP contribution < -0.4 is 0 Å². The van der Waals surface area contributed by atoms with Crippen molar-refractivity contribution >= 4 is 75.5 Å². The summed E-state index contributed by atoms with van der Waals surface area (Å²) in [5.74, 6) is 0. The zero-order valence-electron chi connectivity index (χ0n) is 24.3. The second-order valence-corrected chi connectivity index (χ2v) is 9.51. The number of halogens is 2.